The lowest BCUT2D eigenvalue weighted by molar-refractivity contribution is 0.0513. The predicted octanol–water partition coefficient (Wildman–Crippen LogP) is 1.93. The Balaban J connectivity index is 2.33. The van der Waals surface area contributed by atoms with E-state index in [0.29, 0.717) is 12.0 Å². The summed E-state index contributed by atoms with van der Waals surface area (Å²) in [4.78, 5) is 11.8. The highest BCUT2D eigenvalue weighted by Gasteiger charge is 2.03. The monoisotopic (exact) mass is 630 g/mol. The van der Waals surface area contributed by atoms with Crippen molar-refractivity contribution in [3.63, 3.8) is 0 Å². The number of terminal acetylenes is 1. The standard InChI is InChI=1S/C49H10O2/c1-2-3-4-5-6-7-8-9-10-11-12-13-14-15-16-17-18-19-20-21-22-23-24-25-26-27-28-29-30-31-32-33-34-35-36-37-38-39-40-44-47-51-49(50)48-45-42-41-43-46-48/h1,41-43,45-46H,44,47H2. The number of carbonyl (C=O) groups is 1. The maximum Gasteiger partial charge on any atom is 0.338 e. The van der Waals surface area contributed by atoms with Crippen LogP contribution in [0.4, 0.5) is 0 Å². The summed E-state index contributed by atoms with van der Waals surface area (Å²) in [6.45, 7) is 0.177. The van der Waals surface area contributed by atoms with Crippen LogP contribution in [0.3, 0.4) is 0 Å². The number of rotatable bonds is 3. The van der Waals surface area contributed by atoms with E-state index in [9.17, 15) is 4.79 Å². The third kappa shape index (κ3) is 28.4. The van der Waals surface area contributed by atoms with Crippen molar-refractivity contribution in [1.82, 2.24) is 0 Å². The highest BCUT2D eigenvalue weighted by atomic mass is 16.5. The van der Waals surface area contributed by atoms with Crippen LogP contribution in [-0.2, 0) is 4.74 Å². The summed E-state index contributed by atoms with van der Waals surface area (Å²) in [5.41, 5.74) is 0.492. The number of esters is 1. The van der Waals surface area contributed by atoms with Crippen LogP contribution in [-0.4, -0.2) is 12.6 Å². The number of hydrogen-bond acceptors (Lipinski definition) is 2. The predicted molar refractivity (Wildman–Crippen MR) is 198 cm³/mol. The molecular formula is C49H10O2. The smallest absolute Gasteiger partial charge is 0.338 e. The number of hydrogen-bond donors (Lipinski definition) is 0. The highest BCUT2D eigenvalue weighted by molar-refractivity contribution is 5.89. The van der Waals surface area contributed by atoms with Gasteiger partial charge in [-0.3, -0.25) is 0 Å². The van der Waals surface area contributed by atoms with Crippen molar-refractivity contribution in [3.05, 3.63) is 35.9 Å². The first-order chi connectivity index (χ1) is 25.3. The van der Waals surface area contributed by atoms with Gasteiger partial charge in [-0.2, -0.15) is 0 Å². The molecule has 0 saturated heterocycles. The van der Waals surface area contributed by atoms with Crippen LogP contribution >= 0.6 is 0 Å². The minimum absolute atomic E-state index is 0.177. The molecule has 0 atom stereocenters. The third-order valence-electron chi connectivity index (χ3n) is 3.88. The van der Waals surface area contributed by atoms with Gasteiger partial charge in [0, 0.05) is 137 Å². The second-order valence-electron chi connectivity index (χ2n) is 7.20. The molecule has 0 N–H and O–H groups in total. The number of carbonyl (C=O) groups excluding carboxylic acids is 1. The molecule has 0 heterocycles. The number of benzene rings is 1. The van der Waals surface area contributed by atoms with Crippen molar-refractivity contribution in [2.45, 2.75) is 6.42 Å². The fraction of sp³-hybridized carbons (Fsp3) is 0.0408. The van der Waals surface area contributed by atoms with Gasteiger partial charge in [0.25, 0.3) is 0 Å². The Morgan fingerprint density at radius 1 is 0.392 bits per heavy atom. The first-order valence-electron chi connectivity index (χ1n) is 13.5. The van der Waals surface area contributed by atoms with Crippen LogP contribution in [0.15, 0.2) is 30.3 Å². The summed E-state index contributed by atoms with van der Waals surface area (Å²) in [6.07, 6.45) is 5.30. The zero-order valence-electron chi connectivity index (χ0n) is 26.2. The molecule has 1 aromatic carbocycles. The quantitative estimate of drug-likeness (QED) is 0.290. The Hall–Kier alpha value is -10.1. The van der Waals surface area contributed by atoms with E-state index in [0.717, 1.165) is 0 Å². The lowest BCUT2D eigenvalue weighted by Gasteiger charge is -2.01. The summed E-state index contributed by atoms with van der Waals surface area (Å²) in [7, 11) is 0. The highest BCUT2D eigenvalue weighted by Crippen LogP contribution is 2.00. The minimum Gasteiger partial charge on any atom is -0.461 e. The van der Waals surface area contributed by atoms with Crippen molar-refractivity contribution in [1.29, 1.82) is 0 Å². The summed E-state index contributed by atoms with van der Waals surface area (Å²) in [6, 6.07) is 8.72. The van der Waals surface area contributed by atoms with Crippen LogP contribution in [0.1, 0.15) is 16.8 Å². The van der Waals surface area contributed by atoms with Crippen LogP contribution in [0, 0.1) is 237 Å². The van der Waals surface area contributed by atoms with Crippen molar-refractivity contribution >= 4 is 5.97 Å². The molecule has 0 aliphatic rings. The first kappa shape index (κ1) is 38.9. The zero-order chi connectivity index (χ0) is 36.4. The van der Waals surface area contributed by atoms with E-state index in [-0.39, 0.29) is 6.61 Å². The van der Waals surface area contributed by atoms with Gasteiger partial charge in [-0.05, 0) is 107 Å². The Kier molecular flexibility index (Phi) is 25.0. The molecule has 0 aromatic heterocycles. The Morgan fingerprint density at radius 2 is 0.647 bits per heavy atom. The Labute approximate surface area is 300 Å². The molecule has 1 rings (SSSR count). The van der Waals surface area contributed by atoms with E-state index in [1.54, 1.807) is 24.3 Å². The van der Waals surface area contributed by atoms with Gasteiger partial charge < -0.3 is 4.74 Å². The molecule has 218 valence electrons. The van der Waals surface area contributed by atoms with E-state index in [4.69, 9.17) is 11.2 Å². The lowest BCUT2D eigenvalue weighted by Crippen LogP contribution is -2.05. The lowest BCUT2D eigenvalue weighted by atomic mass is 10.2. The fourth-order valence-electron chi connectivity index (χ4n) is 2.09. The molecule has 2 heteroatoms. The summed E-state index contributed by atoms with van der Waals surface area (Å²) in [5, 5.41) is 0. The maximum absolute atomic E-state index is 11.8. The van der Waals surface area contributed by atoms with Gasteiger partial charge in [0.2, 0.25) is 0 Å². The molecule has 0 aliphatic carbocycles. The van der Waals surface area contributed by atoms with Crippen molar-refractivity contribution in [3.8, 4) is 237 Å². The van der Waals surface area contributed by atoms with Gasteiger partial charge in [0.1, 0.15) is 6.61 Å². The molecule has 0 fully saturated rings. The fourth-order valence-corrected chi connectivity index (χ4v) is 2.09. The molecule has 0 amide bonds. The van der Waals surface area contributed by atoms with E-state index < -0.39 is 5.97 Å². The van der Waals surface area contributed by atoms with Gasteiger partial charge >= 0.3 is 5.97 Å². The molecule has 0 bridgehead atoms. The molecule has 51 heavy (non-hydrogen) atoms. The Morgan fingerprint density at radius 3 is 0.922 bits per heavy atom. The molecule has 2 nitrogen and oxygen atoms in total. The first-order valence-corrected chi connectivity index (χ1v) is 13.5. The van der Waals surface area contributed by atoms with E-state index in [2.05, 4.69) is 231 Å². The minimum atomic E-state index is -0.392. The second kappa shape index (κ2) is 32.8. The van der Waals surface area contributed by atoms with Gasteiger partial charge in [-0.1, -0.05) is 24.1 Å². The molecule has 0 spiro atoms. The van der Waals surface area contributed by atoms with Crippen LogP contribution in [0.2, 0.25) is 0 Å². The molecule has 0 radical (unpaired) electrons. The number of ether oxygens (including phenoxy) is 1. The summed E-state index contributed by atoms with van der Waals surface area (Å²) < 4.78 is 5.10. The third-order valence-corrected chi connectivity index (χ3v) is 3.88. The van der Waals surface area contributed by atoms with E-state index in [1.807, 2.05) is 6.07 Å². The Bertz CT molecular complexity index is 2840. The average Bonchev–Trinajstić information content (AvgIpc) is 3.15. The van der Waals surface area contributed by atoms with Crippen molar-refractivity contribution < 1.29 is 9.53 Å². The molecule has 1 aromatic rings. The normalized spacial score (nSPS) is 5.24. The van der Waals surface area contributed by atoms with Crippen molar-refractivity contribution in [2.75, 3.05) is 6.61 Å². The van der Waals surface area contributed by atoms with Gasteiger partial charge in [0.05, 0.1) is 5.56 Å². The van der Waals surface area contributed by atoms with Crippen LogP contribution in [0.5, 0.6) is 0 Å². The van der Waals surface area contributed by atoms with Gasteiger partial charge in [-0.15, -0.1) is 6.42 Å². The molecule has 0 saturated carbocycles. The van der Waals surface area contributed by atoms with Gasteiger partial charge in [-0.25, -0.2) is 4.79 Å². The summed E-state index contributed by atoms with van der Waals surface area (Å²) >= 11 is 0. The van der Waals surface area contributed by atoms with Gasteiger partial charge in [0.15, 0.2) is 0 Å². The average molecular weight is 631 g/mol. The maximum atomic E-state index is 11.8. The SMILES string of the molecule is C#CC#CC#CC#CC#CC#CC#CC#CC#CC#CC#CC#CC#CC#CC#CC#CC#CC#CC#CC#CCCOC(=O)c1ccccc1. The molecule has 0 unspecified atom stereocenters. The molecule has 0 aliphatic heterocycles. The second-order valence-corrected chi connectivity index (χ2v) is 7.20. The van der Waals surface area contributed by atoms with E-state index in [1.165, 1.54) is 0 Å². The van der Waals surface area contributed by atoms with Crippen LogP contribution < -0.4 is 0 Å². The van der Waals surface area contributed by atoms with Crippen molar-refractivity contribution in [2.24, 2.45) is 0 Å². The van der Waals surface area contributed by atoms with E-state index >= 15 is 0 Å². The van der Waals surface area contributed by atoms with Crippen LogP contribution in [0.25, 0.3) is 0 Å². The molecular weight excluding hydrogens is 621 g/mol. The largest absolute Gasteiger partial charge is 0.461 e. The topological polar surface area (TPSA) is 26.3 Å². The zero-order valence-corrected chi connectivity index (χ0v) is 26.2. The summed E-state index contributed by atoms with van der Waals surface area (Å²) in [5.74, 6) is 96.8.